The highest BCUT2D eigenvalue weighted by molar-refractivity contribution is 6.59. The van der Waals surface area contributed by atoms with Crippen LogP contribution in [-0.2, 0) is 22.6 Å². The standard InChI is InChI=1S/C22H28BNO8/c1-22(2,3)32-21(27)24-18(20(25)26)12-15-6-5-7-17(23(28)29)19(15)31-13-14-8-10-16(30-4)11-9-14/h5-11,18,28-29H,12-13H2,1-4H3,(H,24,27)(H,25,26)/t18-/m1/s1. The number of carboxylic acid groups (broad SMARTS) is 1. The van der Waals surface area contributed by atoms with Gasteiger partial charge >= 0.3 is 19.2 Å². The van der Waals surface area contributed by atoms with Crippen LogP contribution in [0.3, 0.4) is 0 Å². The van der Waals surface area contributed by atoms with Crippen molar-refractivity contribution in [2.45, 2.75) is 45.4 Å². The van der Waals surface area contributed by atoms with Crippen molar-refractivity contribution in [2.24, 2.45) is 0 Å². The fourth-order valence-corrected chi connectivity index (χ4v) is 2.89. The van der Waals surface area contributed by atoms with E-state index in [1.165, 1.54) is 6.07 Å². The van der Waals surface area contributed by atoms with Crippen LogP contribution in [0.15, 0.2) is 42.5 Å². The fraction of sp³-hybridized carbons (Fsp3) is 0.364. The van der Waals surface area contributed by atoms with E-state index in [-0.39, 0.29) is 24.2 Å². The molecule has 172 valence electrons. The van der Waals surface area contributed by atoms with Gasteiger partial charge in [0.1, 0.15) is 29.7 Å². The van der Waals surface area contributed by atoms with Crippen LogP contribution in [0.5, 0.6) is 11.5 Å². The van der Waals surface area contributed by atoms with Gasteiger partial charge < -0.3 is 34.7 Å². The van der Waals surface area contributed by atoms with E-state index < -0.39 is 30.8 Å². The molecule has 0 fully saturated rings. The molecule has 2 rings (SSSR count). The minimum absolute atomic E-state index is 0.0809. The Morgan fingerprint density at radius 3 is 2.28 bits per heavy atom. The molecule has 1 atom stereocenters. The number of carboxylic acids is 1. The molecular weight excluding hydrogens is 417 g/mol. The van der Waals surface area contributed by atoms with Crippen molar-refractivity contribution in [3.63, 3.8) is 0 Å². The van der Waals surface area contributed by atoms with Crippen LogP contribution in [0.4, 0.5) is 4.79 Å². The normalized spacial score (nSPS) is 11.9. The summed E-state index contributed by atoms with van der Waals surface area (Å²) in [5.41, 5.74) is 0.464. The Morgan fingerprint density at radius 1 is 1.09 bits per heavy atom. The Labute approximate surface area is 187 Å². The van der Waals surface area contributed by atoms with Gasteiger partial charge in [-0.05, 0) is 44.0 Å². The maximum absolute atomic E-state index is 12.1. The van der Waals surface area contributed by atoms with E-state index in [1.807, 2.05) is 0 Å². The van der Waals surface area contributed by atoms with E-state index in [1.54, 1.807) is 64.3 Å². The van der Waals surface area contributed by atoms with E-state index >= 15 is 0 Å². The van der Waals surface area contributed by atoms with Gasteiger partial charge in [-0.1, -0.05) is 30.3 Å². The van der Waals surface area contributed by atoms with Crippen LogP contribution in [0, 0.1) is 0 Å². The zero-order valence-electron chi connectivity index (χ0n) is 18.5. The van der Waals surface area contributed by atoms with Gasteiger partial charge in [-0.2, -0.15) is 0 Å². The lowest BCUT2D eigenvalue weighted by molar-refractivity contribution is -0.139. The van der Waals surface area contributed by atoms with Crippen LogP contribution < -0.4 is 20.3 Å². The summed E-state index contributed by atoms with van der Waals surface area (Å²) in [5, 5.41) is 31.4. The minimum Gasteiger partial charge on any atom is -0.497 e. The van der Waals surface area contributed by atoms with Crippen LogP contribution in [0.1, 0.15) is 31.9 Å². The highest BCUT2D eigenvalue weighted by Crippen LogP contribution is 2.21. The fourth-order valence-electron chi connectivity index (χ4n) is 2.89. The Hall–Kier alpha value is -3.24. The lowest BCUT2D eigenvalue weighted by Gasteiger charge is -2.23. The first-order valence-corrected chi connectivity index (χ1v) is 9.96. The molecular formula is C22H28BNO8. The molecule has 0 aromatic heterocycles. The average molecular weight is 445 g/mol. The predicted octanol–water partition coefficient (Wildman–Crippen LogP) is 1.47. The molecule has 9 nitrogen and oxygen atoms in total. The molecule has 32 heavy (non-hydrogen) atoms. The van der Waals surface area contributed by atoms with E-state index in [0.29, 0.717) is 11.3 Å². The lowest BCUT2D eigenvalue weighted by Crippen LogP contribution is -2.45. The number of alkyl carbamates (subject to hydrolysis) is 1. The van der Waals surface area contributed by atoms with Gasteiger partial charge in [0, 0.05) is 11.9 Å². The zero-order chi connectivity index (χ0) is 23.9. The van der Waals surface area contributed by atoms with Crippen molar-refractivity contribution in [3.05, 3.63) is 53.6 Å². The van der Waals surface area contributed by atoms with Crippen molar-refractivity contribution in [1.29, 1.82) is 0 Å². The topological polar surface area (TPSA) is 135 Å². The van der Waals surface area contributed by atoms with Crippen molar-refractivity contribution in [1.82, 2.24) is 5.32 Å². The first-order valence-electron chi connectivity index (χ1n) is 9.96. The first kappa shape index (κ1) is 25.0. The number of carbonyl (C=O) groups excluding carboxylic acids is 1. The Morgan fingerprint density at radius 2 is 1.75 bits per heavy atom. The summed E-state index contributed by atoms with van der Waals surface area (Å²) in [6.07, 6.45) is -1.03. The van der Waals surface area contributed by atoms with Gasteiger partial charge in [-0.3, -0.25) is 0 Å². The highest BCUT2D eigenvalue weighted by atomic mass is 16.6. The summed E-state index contributed by atoms with van der Waals surface area (Å²) in [6.45, 7) is 5.09. The van der Waals surface area contributed by atoms with Gasteiger partial charge in [0.15, 0.2) is 0 Å². The molecule has 0 aliphatic rings. The van der Waals surface area contributed by atoms with Crippen molar-refractivity contribution in [2.75, 3.05) is 7.11 Å². The van der Waals surface area contributed by atoms with E-state index in [4.69, 9.17) is 14.2 Å². The molecule has 1 amide bonds. The average Bonchev–Trinajstić information content (AvgIpc) is 2.70. The second-order valence-corrected chi connectivity index (χ2v) is 8.09. The number of hydrogen-bond donors (Lipinski definition) is 4. The van der Waals surface area contributed by atoms with Crippen molar-refractivity contribution in [3.8, 4) is 11.5 Å². The van der Waals surface area contributed by atoms with Gasteiger partial charge in [-0.25, -0.2) is 9.59 Å². The lowest BCUT2D eigenvalue weighted by atomic mass is 9.78. The molecule has 0 heterocycles. The largest absolute Gasteiger partial charge is 0.497 e. The molecule has 2 aromatic carbocycles. The van der Waals surface area contributed by atoms with Gasteiger partial charge in [0.2, 0.25) is 0 Å². The molecule has 0 spiro atoms. The number of hydrogen-bond acceptors (Lipinski definition) is 7. The third-order valence-electron chi connectivity index (χ3n) is 4.36. The van der Waals surface area contributed by atoms with Crippen molar-refractivity contribution < 1.29 is 39.0 Å². The van der Waals surface area contributed by atoms with Gasteiger partial charge in [-0.15, -0.1) is 0 Å². The summed E-state index contributed by atoms with van der Waals surface area (Å²) >= 11 is 0. The summed E-state index contributed by atoms with van der Waals surface area (Å²) in [6, 6.07) is 10.4. The molecule has 0 aliphatic carbocycles. The minimum atomic E-state index is -1.83. The van der Waals surface area contributed by atoms with E-state index in [2.05, 4.69) is 5.32 Å². The Bertz CT molecular complexity index is 925. The Kier molecular flexibility index (Phi) is 8.51. The molecule has 2 aromatic rings. The number of para-hydroxylation sites is 1. The zero-order valence-corrected chi connectivity index (χ0v) is 18.5. The van der Waals surface area contributed by atoms with Gasteiger partial charge in [0.05, 0.1) is 7.11 Å². The molecule has 0 aliphatic heterocycles. The number of benzene rings is 2. The quantitative estimate of drug-likeness (QED) is 0.427. The molecule has 0 radical (unpaired) electrons. The summed E-state index contributed by atoms with van der Waals surface area (Å²) in [4.78, 5) is 23.8. The Balaban J connectivity index is 2.25. The summed E-state index contributed by atoms with van der Waals surface area (Å²) in [7, 11) is -0.274. The number of amides is 1. The number of nitrogens with one attached hydrogen (secondary N) is 1. The molecule has 0 unspecified atom stereocenters. The third-order valence-corrected chi connectivity index (χ3v) is 4.36. The monoisotopic (exact) mass is 445 g/mol. The van der Waals surface area contributed by atoms with Crippen LogP contribution in [0.25, 0.3) is 0 Å². The summed E-state index contributed by atoms with van der Waals surface area (Å²) < 4.78 is 16.1. The molecule has 10 heteroatoms. The molecule has 0 bridgehead atoms. The number of ether oxygens (including phenoxy) is 3. The number of carbonyl (C=O) groups is 2. The van der Waals surface area contributed by atoms with Crippen LogP contribution in [0.2, 0.25) is 0 Å². The smallest absolute Gasteiger partial charge is 0.492 e. The SMILES string of the molecule is COc1ccc(COc2c(C[C@@H](NC(=O)OC(C)(C)C)C(=O)O)cccc2B(O)O)cc1. The number of methoxy groups -OCH3 is 1. The predicted molar refractivity (Wildman–Crippen MR) is 118 cm³/mol. The summed E-state index contributed by atoms with van der Waals surface area (Å²) in [5.74, 6) is -0.458. The molecule has 0 saturated carbocycles. The highest BCUT2D eigenvalue weighted by Gasteiger charge is 2.27. The second-order valence-electron chi connectivity index (χ2n) is 8.09. The molecule has 0 saturated heterocycles. The second kappa shape index (κ2) is 10.9. The first-order chi connectivity index (χ1) is 15.0. The number of rotatable bonds is 9. The van der Waals surface area contributed by atoms with Crippen molar-refractivity contribution >= 4 is 24.6 Å². The maximum atomic E-state index is 12.1. The maximum Gasteiger partial charge on any atom is 0.492 e. The molecule has 4 N–H and O–H groups in total. The van der Waals surface area contributed by atoms with E-state index in [0.717, 1.165) is 5.56 Å². The third kappa shape index (κ3) is 7.47. The van der Waals surface area contributed by atoms with Crippen LogP contribution in [-0.4, -0.2) is 53.1 Å². The number of aliphatic carboxylic acids is 1. The van der Waals surface area contributed by atoms with Crippen LogP contribution >= 0.6 is 0 Å². The van der Waals surface area contributed by atoms with E-state index in [9.17, 15) is 24.7 Å². The van der Waals surface area contributed by atoms with Gasteiger partial charge in [0.25, 0.3) is 0 Å².